The first kappa shape index (κ1) is 15.6. The van der Waals surface area contributed by atoms with Gasteiger partial charge in [-0.15, -0.1) is 0 Å². The molecule has 0 fully saturated rings. The molecule has 1 heterocycles. The summed E-state index contributed by atoms with van der Waals surface area (Å²) in [5.74, 6) is 1.70. The molecule has 0 radical (unpaired) electrons. The van der Waals surface area contributed by atoms with Crippen molar-refractivity contribution in [1.82, 2.24) is 5.32 Å². The number of benzene rings is 1. The molecule has 0 atom stereocenters. The van der Waals surface area contributed by atoms with Crippen molar-refractivity contribution < 1.29 is 13.9 Å². The Bertz CT molecular complexity index is 536. The average Bonchev–Trinajstić information content (AvgIpc) is 2.94. The Kier molecular flexibility index (Phi) is 6.31. The number of methoxy groups -OCH3 is 1. The highest BCUT2D eigenvalue weighted by Crippen LogP contribution is 2.18. The first-order valence-corrected chi connectivity index (χ1v) is 7.30. The van der Waals surface area contributed by atoms with Crippen LogP contribution in [-0.2, 0) is 24.5 Å². The van der Waals surface area contributed by atoms with E-state index in [4.69, 9.17) is 13.9 Å². The quantitative estimate of drug-likeness (QED) is 0.717. The summed E-state index contributed by atoms with van der Waals surface area (Å²) < 4.78 is 16.4. The zero-order valence-corrected chi connectivity index (χ0v) is 12.7. The van der Waals surface area contributed by atoms with Crippen LogP contribution in [0.4, 0.5) is 0 Å². The summed E-state index contributed by atoms with van der Waals surface area (Å²) in [6.07, 6.45) is 2.83. The van der Waals surface area contributed by atoms with Crippen LogP contribution < -0.4 is 10.1 Å². The third-order valence-electron chi connectivity index (χ3n) is 3.16. The van der Waals surface area contributed by atoms with E-state index in [1.54, 1.807) is 13.4 Å². The summed E-state index contributed by atoms with van der Waals surface area (Å²) in [4.78, 5) is 0. The molecule has 0 amide bonds. The van der Waals surface area contributed by atoms with Gasteiger partial charge in [0.2, 0.25) is 0 Å². The predicted molar refractivity (Wildman–Crippen MR) is 82.2 cm³/mol. The third kappa shape index (κ3) is 4.92. The molecule has 1 aromatic heterocycles. The van der Waals surface area contributed by atoms with Crippen LogP contribution in [0.2, 0.25) is 0 Å². The van der Waals surface area contributed by atoms with E-state index >= 15 is 0 Å². The maximum atomic E-state index is 5.81. The highest BCUT2D eigenvalue weighted by molar-refractivity contribution is 5.28. The molecule has 1 aromatic carbocycles. The van der Waals surface area contributed by atoms with E-state index in [0.29, 0.717) is 13.2 Å². The Hall–Kier alpha value is -1.78. The molecular formula is C17H23NO3. The van der Waals surface area contributed by atoms with Crippen LogP contribution in [0.1, 0.15) is 30.2 Å². The lowest BCUT2D eigenvalue weighted by atomic mass is 10.2. The molecule has 0 saturated carbocycles. The normalized spacial score (nSPS) is 10.8. The fraction of sp³-hybridized carbons (Fsp3) is 0.412. The van der Waals surface area contributed by atoms with E-state index in [9.17, 15) is 0 Å². The Labute approximate surface area is 126 Å². The van der Waals surface area contributed by atoms with Crippen LogP contribution in [0.15, 0.2) is 41.0 Å². The van der Waals surface area contributed by atoms with Crippen molar-refractivity contribution >= 4 is 0 Å². The SMILES string of the molecule is CCCNCc1ccoc1COc1cccc(COC)c1. The molecule has 0 saturated heterocycles. The van der Waals surface area contributed by atoms with Gasteiger partial charge in [-0.2, -0.15) is 0 Å². The van der Waals surface area contributed by atoms with Crippen molar-refractivity contribution in [2.24, 2.45) is 0 Å². The first-order valence-electron chi connectivity index (χ1n) is 7.30. The van der Waals surface area contributed by atoms with Gasteiger partial charge < -0.3 is 19.2 Å². The van der Waals surface area contributed by atoms with E-state index in [2.05, 4.69) is 12.2 Å². The number of nitrogens with one attached hydrogen (secondary N) is 1. The largest absolute Gasteiger partial charge is 0.486 e. The molecule has 4 nitrogen and oxygen atoms in total. The van der Waals surface area contributed by atoms with Crippen LogP contribution in [0, 0.1) is 0 Å². The third-order valence-corrected chi connectivity index (χ3v) is 3.16. The summed E-state index contributed by atoms with van der Waals surface area (Å²) in [7, 11) is 1.69. The molecule has 2 aromatic rings. The van der Waals surface area contributed by atoms with E-state index < -0.39 is 0 Å². The van der Waals surface area contributed by atoms with E-state index in [-0.39, 0.29) is 0 Å². The maximum Gasteiger partial charge on any atom is 0.146 e. The summed E-state index contributed by atoms with van der Waals surface area (Å²) in [6, 6.07) is 9.90. The number of rotatable bonds is 9. The number of hydrogen-bond acceptors (Lipinski definition) is 4. The van der Waals surface area contributed by atoms with Gasteiger partial charge >= 0.3 is 0 Å². The molecule has 0 aliphatic carbocycles. The summed E-state index contributed by atoms with van der Waals surface area (Å²) in [6.45, 7) is 4.99. The maximum absolute atomic E-state index is 5.81. The van der Waals surface area contributed by atoms with Gasteiger partial charge in [0, 0.05) is 19.2 Å². The van der Waals surface area contributed by atoms with Gasteiger partial charge in [0.1, 0.15) is 18.1 Å². The average molecular weight is 289 g/mol. The van der Waals surface area contributed by atoms with Gasteiger partial charge in [0.25, 0.3) is 0 Å². The van der Waals surface area contributed by atoms with Gasteiger partial charge in [-0.05, 0) is 36.7 Å². The number of hydrogen-bond donors (Lipinski definition) is 1. The van der Waals surface area contributed by atoms with Crippen molar-refractivity contribution in [2.75, 3.05) is 13.7 Å². The number of ether oxygens (including phenoxy) is 2. The minimum atomic E-state index is 0.437. The van der Waals surface area contributed by atoms with Crippen molar-refractivity contribution in [3.05, 3.63) is 53.5 Å². The fourth-order valence-corrected chi connectivity index (χ4v) is 2.09. The van der Waals surface area contributed by atoms with Crippen LogP contribution in [0.3, 0.4) is 0 Å². The van der Waals surface area contributed by atoms with Crippen molar-refractivity contribution in [3.8, 4) is 5.75 Å². The Morgan fingerprint density at radius 3 is 2.90 bits per heavy atom. The summed E-state index contributed by atoms with van der Waals surface area (Å²) >= 11 is 0. The molecule has 0 aliphatic rings. The molecule has 1 N–H and O–H groups in total. The molecule has 2 rings (SSSR count). The topological polar surface area (TPSA) is 43.6 Å². The Balaban J connectivity index is 1.90. The lowest BCUT2D eigenvalue weighted by Gasteiger charge is -2.08. The Morgan fingerprint density at radius 1 is 1.19 bits per heavy atom. The fourth-order valence-electron chi connectivity index (χ4n) is 2.09. The van der Waals surface area contributed by atoms with E-state index in [1.807, 2.05) is 30.3 Å². The molecule has 0 unspecified atom stereocenters. The van der Waals surface area contributed by atoms with Gasteiger partial charge in [-0.25, -0.2) is 0 Å². The monoisotopic (exact) mass is 289 g/mol. The molecule has 4 heteroatoms. The minimum Gasteiger partial charge on any atom is -0.486 e. The first-order chi connectivity index (χ1) is 10.3. The zero-order chi connectivity index (χ0) is 14.9. The van der Waals surface area contributed by atoms with Gasteiger partial charge in [0.15, 0.2) is 0 Å². The second kappa shape index (κ2) is 8.49. The summed E-state index contributed by atoms with van der Waals surface area (Å²) in [5, 5.41) is 3.37. The summed E-state index contributed by atoms with van der Waals surface area (Å²) in [5.41, 5.74) is 2.25. The van der Waals surface area contributed by atoms with Crippen LogP contribution in [0.25, 0.3) is 0 Å². The number of furan rings is 1. The lowest BCUT2D eigenvalue weighted by molar-refractivity contribution is 0.184. The zero-order valence-electron chi connectivity index (χ0n) is 12.7. The van der Waals surface area contributed by atoms with Crippen LogP contribution in [0.5, 0.6) is 5.75 Å². The van der Waals surface area contributed by atoms with E-state index in [0.717, 1.165) is 42.1 Å². The second-order valence-electron chi connectivity index (χ2n) is 4.91. The molecule has 0 bridgehead atoms. The highest BCUT2D eigenvalue weighted by atomic mass is 16.5. The molecule has 21 heavy (non-hydrogen) atoms. The van der Waals surface area contributed by atoms with Gasteiger partial charge in [0.05, 0.1) is 12.9 Å². The van der Waals surface area contributed by atoms with Crippen molar-refractivity contribution in [2.45, 2.75) is 33.1 Å². The predicted octanol–water partition coefficient (Wildman–Crippen LogP) is 3.50. The van der Waals surface area contributed by atoms with E-state index in [1.165, 1.54) is 0 Å². The molecule has 0 spiro atoms. The van der Waals surface area contributed by atoms with Gasteiger partial charge in [-0.3, -0.25) is 0 Å². The molecule has 0 aliphatic heterocycles. The van der Waals surface area contributed by atoms with Crippen molar-refractivity contribution in [3.63, 3.8) is 0 Å². The lowest BCUT2D eigenvalue weighted by Crippen LogP contribution is -2.14. The molecular weight excluding hydrogens is 266 g/mol. The smallest absolute Gasteiger partial charge is 0.146 e. The standard InChI is InChI=1S/C17H23NO3/c1-3-8-18-11-15-7-9-20-17(15)13-21-16-6-4-5-14(10-16)12-19-2/h4-7,9-10,18H,3,8,11-13H2,1-2H3. The van der Waals surface area contributed by atoms with Crippen LogP contribution >= 0.6 is 0 Å². The molecule has 114 valence electrons. The Morgan fingerprint density at radius 2 is 2.10 bits per heavy atom. The van der Waals surface area contributed by atoms with Crippen LogP contribution in [-0.4, -0.2) is 13.7 Å². The van der Waals surface area contributed by atoms with Crippen molar-refractivity contribution in [1.29, 1.82) is 0 Å². The second-order valence-corrected chi connectivity index (χ2v) is 4.91. The highest BCUT2D eigenvalue weighted by Gasteiger charge is 2.07. The van der Waals surface area contributed by atoms with Gasteiger partial charge in [-0.1, -0.05) is 19.1 Å². The minimum absolute atomic E-state index is 0.437.